The molecule has 0 aliphatic carbocycles. The first-order valence-corrected chi connectivity index (χ1v) is 7.93. The van der Waals surface area contributed by atoms with Crippen LogP contribution < -0.4 is 5.32 Å². The van der Waals surface area contributed by atoms with Gasteiger partial charge in [-0.25, -0.2) is 0 Å². The molecule has 0 spiro atoms. The lowest BCUT2D eigenvalue weighted by Crippen LogP contribution is -2.45. The van der Waals surface area contributed by atoms with E-state index in [1.54, 1.807) is 6.92 Å². The van der Waals surface area contributed by atoms with Gasteiger partial charge in [-0.15, -0.1) is 0 Å². The van der Waals surface area contributed by atoms with Crippen LogP contribution in [0.15, 0.2) is 24.3 Å². The van der Waals surface area contributed by atoms with E-state index in [2.05, 4.69) is 5.32 Å². The van der Waals surface area contributed by atoms with Crippen LogP contribution in [0.2, 0.25) is 0 Å². The van der Waals surface area contributed by atoms with Gasteiger partial charge >= 0.3 is 17.8 Å². The van der Waals surface area contributed by atoms with Crippen molar-refractivity contribution in [3.05, 3.63) is 34.4 Å². The fraction of sp³-hybridized carbons (Fsp3) is 0.438. The van der Waals surface area contributed by atoms with E-state index in [0.717, 1.165) is 0 Å². The number of nitrogens with one attached hydrogen (secondary N) is 1. The number of carbonyl (C=O) groups excluding carboxylic acids is 3. The zero-order chi connectivity index (χ0) is 18.4. The number of rotatable bonds is 4. The number of likely N-dealkylation sites (tertiary alicyclic amines) is 1. The number of non-ortho nitro benzene ring substituents is 1. The number of benzene rings is 1. The Bertz CT molecular complexity index is 682. The first-order valence-electron chi connectivity index (χ1n) is 7.93. The molecule has 1 aromatic carbocycles. The maximum atomic E-state index is 12.2. The van der Waals surface area contributed by atoms with Crippen LogP contribution in [0.4, 0.5) is 11.4 Å². The van der Waals surface area contributed by atoms with E-state index in [1.807, 2.05) is 0 Å². The Hall–Kier alpha value is -2.97. The number of nitrogens with zero attached hydrogens (tertiary/aromatic N) is 2. The van der Waals surface area contributed by atoms with Crippen molar-refractivity contribution >= 4 is 29.2 Å². The quantitative estimate of drug-likeness (QED) is 0.379. The number of piperidine rings is 1. The summed E-state index contributed by atoms with van der Waals surface area (Å²) in [6.45, 7) is 2.60. The van der Waals surface area contributed by atoms with Crippen LogP contribution in [-0.2, 0) is 19.1 Å². The van der Waals surface area contributed by atoms with Crippen LogP contribution >= 0.6 is 0 Å². The van der Waals surface area contributed by atoms with Crippen LogP contribution in [0.1, 0.15) is 19.8 Å². The lowest BCUT2D eigenvalue weighted by molar-refractivity contribution is -0.384. The zero-order valence-electron chi connectivity index (χ0n) is 13.8. The summed E-state index contributed by atoms with van der Waals surface area (Å²) in [6, 6.07) is 5.35. The van der Waals surface area contributed by atoms with Crippen molar-refractivity contribution in [1.82, 2.24) is 4.90 Å². The molecule has 9 nitrogen and oxygen atoms in total. The molecule has 1 heterocycles. The molecule has 9 heteroatoms. The maximum Gasteiger partial charge on any atom is 0.313 e. The van der Waals surface area contributed by atoms with Gasteiger partial charge in [0, 0.05) is 30.9 Å². The third kappa shape index (κ3) is 4.75. The minimum Gasteiger partial charge on any atom is -0.466 e. The lowest BCUT2D eigenvalue weighted by atomic mass is 9.97. The summed E-state index contributed by atoms with van der Waals surface area (Å²) >= 11 is 0. The lowest BCUT2D eigenvalue weighted by Gasteiger charge is -2.30. The fourth-order valence-electron chi connectivity index (χ4n) is 2.60. The Morgan fingerprint density at radius 2 is 2.00 bits per heavy atom. The molecule has 0 saturated carbocycles. The molecule has 1 N–H and O–H groups in total. The normalized spacial score (nSPS) is 14.7. The molecule has 0 radical (unpaired) electrons. The van der Waals surface area contributed by atoms with Gasteiger partial charge in [-0.05, 0) is 25.8 Å². The Balaban J connectivity index is 1.91. The third-order valence-corrected chi connectivity index (χ3v) is 3.91. The van der Waals surface area contributed by atoms with Crippen LogP contribution in [0.5, 0.6) is 0 Å². The second-order valence-corrected chi connectivity index (χ2v) is 5.58. The minimum atomic E-state index is -0.866. The van der Waals surface area contributed by atoms with Crippen LogP contribution in [0, 0.1) is 16.0 Å². The molecule has 1 saturated heterocycles. The number of esters is 1. The highest BCUT2D eigenvalue weighted by molar-refractivity contribution is 6.39. The van der Waals surface area contributed by atoms with Gasteiger partial charge in [-0.3, -0.25) is 24.5 Å². The Kier molecular flexibility index (Phi) is 6.04. The minimum absolute atomic E-state index is 0.175. The number of hydrogen-bond acceptors (Lipinski definition) is 6. The van der Waals surface area contributed by atoms with E-state index in [4.69, 9.17) is 4.74 Å². The highest BCUT2D eigenvalue weighted by atomic mass is 16.6. The molecule has 0 aromatic heterocycles. The zero-order valence-corrected chi connectivity index (χ0v) is 13.8. The number of ether oxygens (including phenoxy) is 1. The molecular formula is C16H19N3O6. The van der Waals surface area contributed by atoms with Crippen molar-refractivity contribution in [3.63, 3.8) is 0 Å². The monoisotopic (exact) mass is 349 g/mol. The van der Waals surface area contributed by atoms with E-state index in [-0.39, 0.29) is 36.4 Å². The number of carbonyl (C=O) groups is 3. The van der Waals surface area contributed by atoms with E-state index in [9.17, 15) is 24.5 Å². The molecule has 1 aliphatic heterocycles. The molecule has 0 atom stereocenters. The van der Waals surface area contributed by atoms with Gasteiger partial charge in [0.05, 0.1) is 17.4 Å². The highest BCUT2D eigenvalue weighted by Crippen LogP contribution is 2.20. The summed E-state index contributed by atoms with van der Waals surface area (Å²) in [5.74, 6) is -2.14. The first kappa shape index (κ1) is 18.4. The third-order valence-electron chi connectivity index (χ3n) is 3.91. The predicted molar refractivity (Wildman–Crippen MR) is 87.7 cm³/mol. The second-order valence-electron chi connectivity index (χ2n) is 5.58. The Morgan fingerprint density at radius 3 is 2.60 bits per heavy atom. The first-order chi connectivity index (χ1) is 11.9. The number of anilines is 1. The summed E-state index contributed by atoms with van der Waals surface area (Å²) in [5, 5.41) is 13.1. The molecule has 0 bridgehead atoms. The molecule has 2 rings (SSSR count). The van der Waals surface area contributed by atoms with Gasteiger partial charge in [-0.2, -0.15) is 0 Å². The van der Waals surface area contributed by atoms with Gasteiger partial charge in [0.25, 0.3) is 5.69 Å². The summed E-state index contributed by atoms with van der Waals surface area (Å²) in [5.41, 5.74) is -0.00513. The van der Waals surface area contributed by atoms with Gasteiger partial charge in [-0.1, -0.05) is 6.07 Å². The molecule has 2 amide bonds. The molecule has 1 fully saturated rings. The summed E-state index contributed by atoms with van der Waals surface area (Å²) in [4.78, 5) is 47.4. The average Bonchev–Trinajstić information content (AvgIpc) is 2.61. The molecular weight excluding hydrogens is 330 g/mol. The van der Waals surface area contributed by atoms with Gasteiger partial charge in [0.1, 0.15) is 0 Å². The number of hydrogen-bond donors (Lipinski definition) is 1. The molecule has 25 heavy (non-hydrogen) atoms. The smallest absolute Gasteiger partial charge is 0.313 e. The number of nitro benzene ring substituents is 1. The Labute approximate surface area is 144 Å². The topological polar surface area (TPSA) is 119 Å². The van der Waals surface area contributed by atoms with Crippen LogP contribution in [-0.4, -0.2) is 47.3 Å². The molecule has 0 unspecified atom stereocenters. The maximum absolute atomic E-state index is 12.2. The van der Waals surface area contributed by atoms with Crippen molar-refractivity contribution in [1.29, 1.82) is 0 Å². The number of amides is 2. The van der Waals surface area contributed by atoms with Crippen molar-refractivity contribution in [2.75, 3.05) is 25.0 Å². The average molecular weight is 349 g/mol. The van der Waals surface area contributed by atoms with E-state index in [0.29, 0.717) is 19.4 Å². The SMILES string of the molecule is CCOC(=O)C1CCN(C(=O)C(=O)Nc2cccc([N+](=O)[O-])c2)CC1. The van der Waals surface area contributed by atoms with Gasteiger partial charge in [0.2, 0.25) is 0 Å². The van der Waals surface area contributed by atoms with Crippen LogP contribution in [0.3, 0.4) is 0 Å². The van der Waals surface area contributed by atoms with Crippen molar-refractivity contribution < 1.29 is 24.0 Å². The standard InChI is InChI=1S/C16H19N3O6/c1-2-25-16(22)11-6-8-18(9-7-11)15(21)14(20)17-12-4-3-5-13(10-12)19(23)24/h3-5,10-11H,2,6-9H2,1H3,(H,17,20). The highest BCUT2D eigenvalue weighted by Gasteiger charge is 2.30. The summed E-state index contributed by atoms with van der Waals surface area (Å²) in [6.07, 6.45) is 0.878. The van der Waals surface area contributed by atoms with E-state index in [1.165, 1.54) is 29.2 Å². The summed E-state index contributed by atoms with van der Waals surface area (Å²) in [7, 11) is 0. The fourth-order valence-corrected chi connectivity index (χ4v) is 2.60. The van der Waals surface area contributed by atoms with Crippen molar-refractivity contribution in [3.8, 4) is 0 Å². The molecule has 134 valence electrons. The second kappa shape index (κ2) is 8.22. The van der Waals surface area contributed by atoms with E-state index < -0.39 is 16.7 Å². The van der Waals surface area contributed by atoms with Crippen molar-refractivity contribution in [2.45, 2.75) is 19.8 Å². The molecule has 1 aromatic rings. The Morgan fingerprint density at radius 1 is 1.32 bits per heavy atom. The largest absolute Gasteiger partial charge is 0.466 e. The molecule has 1 aliphatic rings. The van der Waals surface area contributed by atoms with E-state index >= 15 is 0 Å². The van der Waals surface area contributed by atoms with Crippen LogP contribution in [0.25, 0.3) is 0 Å². The van der Waals surface area contributed by atoms with Gasteiger partial charge in [0.15, 0.2) is 0 Å². The number of nitro groups is 1. The van der Waals surface area contributed by atoms with Gasteiger partial charge < -0.3 is 15.0 Å². The van der Waals surface area contributed by atoms with Crippen molar-refractivity contribution in [2.24, 2.45) is 5.92 Å². The summed E-state index contributed by atoms with van der Waals surface area (Å²) < 4.78 is 4.96. The predicted octanol–water partition coefficient (Wildman–Crippen LogP) is 1.33.